The maximum Gasteiger partial charge on any atom is 0.241 e. The summed E-state index contributed by atoms with van der Waals surface area (Å²) in [6.45, 7) is 3.49. The van der Waals surface area contributed by atoms with Gasteiger partial charge in [-0.2, -0.15) is 4.72 Å². The first-order chi connectivity index (χ1) is 15.3. The molecule has 0 saturated carbocycles. The predicted octanol–water partition coefficient (Wildman–Crippen LogP) is 3.29. The number of H-pyrrole nitrogens is 1. The third kappa shape index (κ3) is 4.97. The molecule has 0 aliphatic carbocycles. The molecule has 1 aliphatic heterocycles. The highest BCUT2D eigenvalue weighted by atomic mass is 32.2. The highest BCUT2D eigenvalue weighted by Gasteiger charge is 2.31. The highest BCUT2D eigenvalue weighted by molar-refractivity contribution is 7.89. The minimum atomic E-state index is -3.91. The Hall–Kier alpha value is -2.84. The topological polar surface area (TPSA) is 108 Å². The predicted molar refractivity (Wildman–Crippen MR) is 127 cm³/mol. The number of fused-ring (bicyclic) bond motifs is 1. The first-order valence-electron chi connectivity index (χ1n) is 11.0. The molecule has 1 amide bonds. The van der Waals surface area contributed by atoms with E-state index < -0.39 is 16.1 Å². The van der Waals surface area contributed by atoms with Gasteiger partial charge in [0.2, 0.25) is 15.9 Å². The standard InChI is InChI=1S/C24H30N4O3S/c1-17-11-14-28(15-12-17)24(29)22(9-8-18-4-2-5-19(25)16-18)27-32(30,31)23-7-3-6-21-20(23)10-13-26-21/h2-7,10,13,16-17,22,26-27H,8-9,11-12,14-15,25H2,1H3. The maximum absolute atomic E-state index is 13.4. The molecule has 1 saturated heterocycles. The molecular weight excluding hydrogens is 424 g/mol. The van der Waals surface area contributed by atoms with Gasteiger partial charge in [-0.15, -0.1) is 0 Å². The fourth-order valence-corrected chi connectivity index (χ4v) is 5.73. The Morgan fingerprint density at radius 2 is 1.94 bits per heavy atom. The van der Waals surface area contributed by atoms with Crippen molar-refractivity contribution in [1.82, 2.24) is 14.6 Å². The van der Waals surface area contributed by atoms with Crippen LogP contribution in [-0.2, 0) is 21.2 Å². The smallest absolute Gasteiger partial charge is 0.241 e. The van der Waals surface area contributed by atoms with E-state index in [2.05, 4.69) is 16.6 Å². The number of nitrogens with two attached hydrogens (primary N) is 1. The number of hydrogen-bond acceptors (Lipinski definition) is 4. The quantitative estimate of drug-likeness (QED) is 0.476. The summed E-state index contributed by atoms with van der Waals surface area (Å²) in [7, 11) is -3.91. The van der Waals surface area contributed by atoms with Crippen LogP contribution in [0.4, 0.5) is 5.69 Å². The molecule has 7 nitrogen and oxygen atoms in total. The molecular formula is C24H30N4O3S. The number of carbonyl (C=O) groups excluding carboxylic acids is 1. The van der Waals surface area contributed by atoms with Crippen LogP contribution in [0.3, 0.4) is 0 Å². The van der Waals surface area contributed by atoms with E-state index in [0.717, 1.165) is 23.9 Å². The average molecular weight is 455 g/mol. The second-order valence-corrected chi connectivity index (χ2v) is 10.3. The number of rotatable bonds is 7. The van der Waals surface area contributed by atoms with Crippen LogP contribution in [0.15, 0.2) is 59.6 Å². The van der Waals surface area contributed by atoms with Crippen LogP contribution >= 0.6 is 0 Å². The second-order valence-electron chi connectivity index (χ2n) is 8.66. The van der Waals surface area contributed by atoms with Crippen LogP contribution in [0.25, 0.3) is 10.9 Å². The van der Waals surface area contributed by atoms with E-state index in [4.69, 9.17) is 5.73 Å². The van der Waals surface area contributed by atoms with Gasteiger partial charge < -0.3 is 15.6 Å². The van der Waals surface area contributed by atoms with Crippen LogP contribution in [0, 0.1) is 5.92 Å². The van der Waals surface area contributed by atoms with E-state index in [0.29, 0.717) is 42.9 Å². The summed E-state index contributed by atoms with van der Waals surface area (Å²) in [6.07, 6.45) is 4.48. The van der Waals surface area contributed by atoms with Crippen molar-refractivity contribution in [1.29, 1.82) is 0 Å². The lowest BCUT2D eigenvalue weighted by Crippen LogP contribution is -2.50. The van der Waals surface area contributed by atoms with Crippen LogP contribution in [0.5, 0.6) is 0 Å². The molecule has 2 heterocycles. The Labute approximate surface area is 189 Å². The van der Waals surface area contributed by atoms with E-state index >= 15 is 0 Å². The van der Waals surface area contributed by atoms with Crippen molar-refractivity contribution >= 4 is 32.5 Å². The van der Waals surface area contributed by atoms with Crippen LogP contribution in [-0.4, -0.2) is 43.3 Å². The normalized spacial score (nSPS) is 16.3. The number of nitrogen functional groups attached to an aromatic ring is 1. The number of amides is 1. The zero-order valence-corrected chi connectivity index (χ0v) is 19.1. The van der Waals surface area contributed by atoms with Gasteiger partial charge >= 0.3 is 0 Å². The number of piperidine rings is 1. The molecule has 3 aromatic rings. The maximum atomic E-state index is 13.4. The molecule has 8 heteroatoms. The van der Waals surface area contributed by atoms with E-state index in [1.54, 1.807) is 35.4 Å². The lowest BCUT2D eigenvalue weighted by molar-refractivity contribution is -0.134. The van der Waals surface area contributed by atoms with Crippen molar-refractivity contribution in [3.05, 3.63) is 60.3 Å². The summed E-state index contributed by atoms with van der Waals surface area (Å²) in [6, 6.07) is 13.5. The summed E-state index contributed by atoms with van der Waals surface area (Å²) >= 11 is 0. The fourth-order valence-electron chi connectivity index (χ4n) is 4.28. The molecule has 1 unspecified atom stereocenters. The molecule has 2 aromatic carbocycles. The molecule has 0 radical (unpaired) electrons. The Morgan fingerprint density at radius 1 is 1.19 bits per heavy atom. The molecule has 1 aliphatic rings. The van der Waals surface area contributed by atoms with Gasteiger partial charge in [0, 0.05) is 35.9 Å². The van der Waals surface area contributed by atoms with Crippen molar-refractivity contribution in [2.24, 2.45) is 5.92 Å². The summed E-state index contributed by atoms with van der Waals surface area (Å²) in [4.78, 5) is 18.4. The van der Waals surface area contributed by atoms with E-state index in [1.807, 2.05) is 24.3 Å². The minimum Gasteiger partial charge on any atom is -0.399 e. The Bertz CT molecular complexity index is 1200. The largest absolute Gasteiger partial charge is 0.399 e. The molecule has 1 aromatic heterocycles. The van der Waals surface area contributed by atoms with Gasteiger partial charge in [-0.1, -0.05) is 25.1 Å². The van der Waals surface area contributed by atoms with Crippen LogP contribution in [0.1, 0.15) is 31.7 Å². The van der Waals surface area contributed by atoms with Gasteiger partial charge in [-0.3, -0.25) is 4.79 Å². The lowest BCUT2D eigenvalue weighted by atomic mass is 9.98. The molecule has 0 spiro atoms. The zero-order valence-electron chi connectivity index (χ0n) is 18.3. The Kier molecular flexibility index (Phi) is 6.53. The number of aromatic amines is 1. The van der Waals surface area contributed by atoms with Crippen LogP contribution < -0.4 is 10.5 Å². The third-order valence-electron chi connectivity index (χ3n) is 6.21. The molecule has 1 fully saturated rings. The number of benzene rings is 2. The van der Waals surface area contributed by atoms with E-state index in [9.17, 15) is 13.2 Å². The summed E-state index contributed by atoms with van der Waals surface area (Å²) in [5.74, 6) is 0.415. The molecule has 32 heavy (non-hydrogen) atoms. The van der Waals surface area contributed by atoms with Crippen LogP contribution in [0.2, 0.25) is 0 Å². The van der Waals surface area contributed by atoms with Crippen molar-refractivity contribution in [3.8, 4) is 0 Å². The minimum absolute atomic E-state index is 0.161. The average Bonchev–Trinajstić information content (AvgIpc) is 3.25. The third-order valence-corrected chi connectivity index (χ3v) is 7.74. The molecule has 1 atom stereocenters. The van der Waals surface area contributed by atoms with Gasteiger partial charge in [0.05, 0.1) is 4.90 Å². The number of sulfonamides is 1. The van der Waals surface area contributed by atoms with E-state index in [1.165, 1.54) is 0 Å². The lowest BCUT2D eigenvalue weighted by Gasteiger charge is -2.33. The number of anilines is 1. The monoisotopic (exact) mass is 454 g/mol. The van der Waals surface area contributed by atoms with E-state index in [-0.39, 0.29) is 10.8 Å². The zero-order chi connectivity index (χ0) is 22.7. The Morgan fingerprint density at radius 3 is 2.69 bits per heavy atom. The first kappa shape index (κ1) is 22.4. The number of likely N-dealkylation sites (tertiary alicyclic amines) is 1. The van der Waals surface area contributed by atoms with Crippen molar-refractivity contribution in [3.63, 3.8) is 0 Å². The van der Waals surface area contributed by atoms with Gasteiger partial charge in [-0.05, 0) is 67.5 Å². The molecule has 4 rings (SSSR count). The van der Waals surface area contributed by atoms with Gasteiger partial charge in [0.15, 0.2) is 0 Å². The number of aryl methyl sites for hydroxylation is 1. The number of nitrogens with zero attached hydrogens (tertiary/aromatic N) is 1. The fraction of sp³-hybridized carbons (Fsp3) is 0.375. The number of aromatic nitrogens is 1. The van der Waals surface area contributed by atoms with Gasteiger partial charge in [0.25, 0.3) is 0 Å². The molecule has 170 valence electrons. The second kappa shape index (κ2) is 9.34. The van der Waals surface area contributed by atoms with Crippen molar-refractivity contribution < 1.29 is 13.2 Å². The number of nitrogens with one attached hydrogen (secondary N) is 2. The number of carbonyl (C=O) groups is 1. The first-order valence-corrected chi connectivity index (χ1v) is 12.5. The number of hydrogen-bond donors (Lipinski definition) is 3. The van der Waals surface area contributed by atoms with Crippen molar-refractivity contribution in [2.75, 3.05) is 18.8 Å². The molecule has 0 bridgehead atoms. The Balaban J connectivity index is 1.59. The summed E-state index contributed by atoms with van der Waals surface area (Å²) < 4.78 is 29.4. The summed E-state index contributed by atoms with van der Waals surface area (Å²) in [5.41, 5.74) is 8.24. The van der Waals surface area contributed by atoms with Crippen molar-refractivity contribution in [2.45, 2.75) is 43.5 Å². The van der Waals surface area contributed by atoms with Gasteiger partial charge in [0.1, 0.15) is 6.04 Å². The SMILES string of the molecule is CC1CCN(C(=O)C(CCc2cccc(N)c2)NS(=O)(=O)c2cccc3[nH]ccc23)CC1. The van der Waals surface area contributed by atoms with Gasteiger partial charge in [-0.25, -0.2) is 8.42 Å². The summed E-state index contributed by atoms with van der Waals surface area (Å²) in [5, 5.41) is 0.605. The highest BCUT2D eigenvalue weighted by Crippen LogP contribution is 2.24. The molecule has 4 N–H and O–H groups in total.